The maximum Gasteiger partial charge on any atom is 0.251 e. The van der Waals surface area contributed by atoms with Crippen LogP contribution in [0.5, 0.6) is 0 Å². The first-order chi connectivity index (χ1) is 17.9. The molecule has 10 nitrogen and oxygen atoms in total. The van der Waals surface area contributed by atoms with Crippen LogP contribution in [-0.4, -0.2) is 75.9 Å². The van der Waals surface area contributed by atoms with Gasteiger partial charge in [-0.3, -0.25) is 9.59 Å². The van der Waals surface area contributed by atoms with Crippen LogP contribution in [0.25, 0.3) is 11.0 Å². The van der Waals surface area contributed by atoms with Crippen molar-refractivity contribution in [2.45, 2.75) is 81.9 Å². The second kappa shape index (κ2) is 12.3. The van der Waals surface area contributed by atoms with Gasteiger partial charge in [-0.2, -0.15) is 0 Å². The molecule has 2 aromatic rings. The van der Waals surface area contributed by atoms with Crippen LogP contribution in [0.1, 0.15) is 62.3 Å². The van der Waals surface area contributed by atoms with Crippen molar-refractivity contribution in [3.05, 3.63) is 54.1 Å². The number of fused-ring (bicyclic) bond motifs is 1. The number of aliphatic hydroxyl groups excluding tert-OH is 4. The third-order valence-corrected chi connectivity index (χ3v) is 7.46. The number of allylic oxidation sites excluding steroid dienone is 3. The van der Waals surface area contributed by atoms with Gasteiger partial charge in [-0.15, -0.1) is 6.58 Å². The van der Waals surface area contributed by atoms with Crippen molar-refractivity contribution in [1.82, 2.24) is 9.55 Å². The zero-order valence-corrected chi connectivity index (χ0v) is 21.8. The zero-order valence-electron chi connectivity index (χ0n) is 21.8. The SMILES string of the molecule is C=CC[C@H]1C(=O)C(O)(O)[C@H](O)CC(=O)C[C@H](c2ccc3c(c2)nc(C)n3C)C/C=C(\O)CCC[C@H](O)[C@H]1O. The maximum absolute atomic E-state index is 13.0. The van der Waals surface area contributed by atoms with Crippen LogP contribution in [0.2, 0.25) is 0 Å². The summed E-state index contributed by atoms with van der Waals surface area (Å²) in [6.07, 6.45) is -2.57. The molecule has 0 saturated heterocycles. The van der Waals surface area contributed by atoms with Gasteiger partial charge in [0.05, 0.1) is 34.9 Å². The van der Waals surface area contributed by atoms with Gasteiger partial charge in [0.1, 0.15) is 17.7 Å². The summed E-state index contributed by atoms with van der Waals surface area (Å²) in [5.74, 6) is -6.16. The standard InChI is InChI=1S/C28H38N2O8/c1-4-6-21-26(35)24(33)8-5-7-19(31)11-9-17(13-20(32)15-25(34)28(37,38)27(21)36)18-10-12-23-22(14-18)29-16(2)30(23)3/h4,10-12,14,17,21,24-26,31,33-35,37-38H,1,5-9,13,15H2,2-3H3/b19-11-/t17-,21-,24+,25-,26+/m1/s1. The predicted molar refractivity (Wildman–Crippen MR) is 140 cm³/mol. The Kier molecular flexibility index (Phi) is 9.61. The molecule has 0 bridgehead atoms. The summed E-state index contributed by atoms with van der Waals surface area (Å²) < 4.78 is 1.94. The molecule has 0 amide bonds. The summed E-state index contributed by atoms with van der Waals surface area (Å²) in [4.78, 5) is 30.5. The smallest absolute Gasteiger partial charge is 0.251 e. The summed E-state index contributed by atoms with van der Waals surface area (Å²) >= 11 is 0. The quantitative estimate of drug-likeness (QED) is 0.256. The molecular weight excluding hydrogens is 492 g/mol. The van der Waals surface area contributed by atoms with Crippen molar-refractivity contribution in [2.75, 3.05) is 0 Å². The first-order valence-corrected chi connectivity index (χ1v) is 12.8. The number of benzene rings is 1. The van der Waals surface area contributed by atoms with E-state index >= 15 is 0 Å². The molecule has 10 heteroatoms. The lowest BCUT2D eigenvalue weighted by Gasteiger charge is -2.33. The van der Waals surface area contributed by atoms with Crippen molar-refractivity contribution >= 4 is 22.6 Å². The Bertz CT molecular complexity index is 1200. The minimum atomic E-state index is -3.32. The molecule has 6 N–H and O–H groups in total. The lowest BCUT2D eigenvalue weighted by Crippen LogP contribution is -2.55. The summed E-state index contributed by atoms with van der Waals surface area (Å²) in [5, 5.41) is 63.0. The van der Waals surface area contributed by atoms with Gasteiger partial charge < -0.3 is 35.2 Å². The van der Waals surface area contributed by atoms with Gasteiger partial charge in [-0.1, -0.05) is 12.1 Å². The van der Waals surface area contributed by atoms with E-state index < -0.39 is 53.9 Å². The van der Waals surface area contributed by atoms with Crippen LogP contribution >= 0.6 is 0 Å². The van der Waals surface area contributed by atoms with E-state index in [4.69, 9.17) is 0 Å². The summed E-state index contributed by atoms with van der Waals surface area (Å²) in [6, 6.07) is 5.62. The highest BCUT2D eigenvalue weighted by Crippen LogP contribution is 2.31. The molecule has 3 rings (SSSR count). The molecular formula is C28H38N2O8. The topological polar surface area (TPSA) is 173 Å². The van der Waals surface area contributed by atoms with Crippen molar-refractivity contribution < 1.29 is 40.2 Å². The third-order valence-electron chi connectivity index (χ3n) is 7.46. The van der Waals surface area contributed by atoms with Gasteiger partial charge in [0.15, 0.2) is 5.78 Å². The van der Waals surface area contributed by atoms with E-state index in [-0.39, 0.29) is 44.3 Å². The molecule has 0 aliphatic heterocycles. The Balaban J connectivity index is 1.95. The number of hydrogen-bond acceptors (Lipinski definition) is 9. The van der Waals surface area contributed by atoms with Crippen LogP contribution in [0.15, 0.2) is 42.7 Å². The van der Waals surface area contributed by atoms with Crippen LogP contribution in [0.4, 0.5) is 0 Å². The number of hydrogen-bond donors (Lipinski definition) is 6. The number of rotatable bonds is 3. The Morgan fingerprint density at radius 3 is 2.58 bits per heavy atom. The molecule has 0 spiro atoms. The number of ketones is 2. The highest BCUT2D eigenvalue weighted by atomic mass is 16.5. The van der Waals surface area contributed by atoms with E-state index in [0.717, 1.165) is 22.4 Å². The Labute approximate surface area is 221 Å². The molecule has 1 aromatic carbocycles. The lowest BCUT2D eigenvalue weighted by atomic mass is 9.82. The molecule has 1 aromatic heterocycles. The van der Waals surface area contributed by atoms with Crippen LogP contribution in [0.3, 0.4) is 0 Å². The summed E-state index contributed by atoms with van der Waals surface area (Å²) in [5.41, 5.74) is 2.44. The monoisotopic (exact) mass is 530 g/mol. The number of aryl methyl sites for hydroxylation is 2. The fourth-order valence-electron chi connectivity index (χ4n) is 4.97. The molecule has 5 atom stereocenters. The molecule has 0 unspecified atom stereocenters. The van der Waals surface area contributed by atoms with E-state index in [1.54, 1.807) is 6.08 Å². The van der Waals surface area contributed by atoms with Crippen LogP contribution < -0.4 is 0 Å². The fourth-order valence-corrected chi connectivity index (χ4v) is 4.97. The van der Waals surface area contributed by atoms with Gasteiger partial charge >= 0.3 is 0 Å². The van der Waals surface area contributed by atoms with Gasteiger partial charge in [-0.05, 0) is 62.3 Å². The molecule has 38 heavy (non-hydrogen) atoms. The molecule has 0 radical (unpaired) electrons. The summed E-state index contributed by atoms with van der Waals surface area (Å²) in [6.45, 7) is 5.39. The Hall–Kier alpha value is -2.89. The van der Waals surface area contributed by atoms with E-state index in [2.05, 4.69) is 11.6 Å². The minimum Gasteiger partial charge on any atom is -0.513 e. The number of Topliss-reactive ketones (excluding diaryl/α,β-unsaturated/α-hetero) is 2. The van der Waals surface area contributed by atoms with Crippen molar-refractivity contribution in [3.8, 4) is 0 Å². The number of carbonyl (C=O) groups is 2. The first kappa shape index (κ1) is 29.7. The average Bonchev–Trinajstić information content (AvgIpc) is 3.15. The second-order valence-electron chi connectivity index (χ2n) is 10.2. The number of carbonyl (C=O) groups excluding carboxylic acids is 2. The molecule has 1 aliphatic rings. The third kappa shape index (κ3) is 6.57. The summed E-state index contributed by atoms with van der Waals surface area (Å²) in [7, 11) is 1.90. The zero-order chi connectivity index (χ0) is 28.2. The number of aromatic nitrogens is 2. The second-order valence-corrected chi connectivity index (χ2v) is 10.2. The highest BCUT2D eigenvalue weighted by Gasteiger charge is 2.48. The average molecular weight is 531 g/mol. The van der Waals surface area contributed by atoms with E-state index in [0.29, 0.717) is 0 Å². The Morgan fingerprint density at radius 2 is 1.89 bits per heavy atom. The van der Waals surface area contributed by atoms with E-state index in [1.807, 2.05) is 36.7 Å². The van der Waals surface area contributed by atoms with Crippen molar-refractivity contribution in [1.29, 1.82) is 0 Å². The van der Waals surface area contributed by atoms with Gasteiger partial charge in [0.2, 0.25) is 0 Å². The van der Waals surface area contributed by atoms with Crippen molar-refractivity contribution in [2.24, 2.45) is 13.0 Å². The fraction of sp³-hybridized carbons (Fsp3) is 0.536. The lowest BCUT2D eigenvalue weighted by molar-refractivity contribution is -0.226. The minimum absolute atomic E-state index is 0.0318. The normalized spacial score (nSPS) is 29.7. The number of nitrogens with zero attached hydrogens (tertiary/aromatic N) is 2. The molecule has 0 fully saturated rings. The molecule has 1 aliphatic carbocycles. The highest BCUT2D eigenvalue weighted by molar-refractivity contribution is 5.90. The van der Waals surface area contributed by atoms with E-state index in [9.17, 15) is 40.2 Å². The molecule has 1 heterocycles. The van der Waals surface area contributed by atoms with E-state index in [1.165, 1.54) is 6.08 Å². The van der Waals surface area contributed by atoms with Gasteiger partial charge in [0.25, 0.3) is 5.79 Å². The van der Waals surface area contributed by atoms with Crippen LogP contribution in [0, 0.1) is 12.8 Å². The molecule has 0 saturated carbocycles. The molecule has 208 valence electrons. The largest absolute Gasteiger partial charge is 0.513 e. The Morgan fingerprint density at radius 1 is 1.18 bits per heavy atom. The first-order valence-electron chi connectivity index (χ1n) is 12.8. The van der Waals surface area contributed by atoms with Crippen LogP contribution in [-0.2, 0) is 16.6 Å². The van der Waals surface area contributed by atoms with Gasteiger partial charge in [0, 0.05) is 26.3 Å². The van der Waals surface area contributed by atoms with Crippen molar-refractivity contribution in [3.63, 3.8) is 0 Å². The predicted octanol–water partition coefficient (Wildman–Crippen LogP) is 1.86. The number of aliphatic hydroxyl groups is 6. The maximum atomic E-state index is 13.0. The number of imidazole rings is 1. The van der Waals surface area contributed by atoms with Gasteiger partial charge in [-0.25, -0.2) is 4.98 Å².